The molecule has 0 spiro atoms. The van der Waals surface area contributed by atoms with Gasteiger partial charge in [-0.25, -0.2) is 4.79 Å². The highest BCUT2D eigenvalue weighted by atomic mass is 16.6. The molecule has 6 nitrogen and oxygen atoms in total. The topological polar surface area (TPSA) is 73.9 Å². The normalized spacial score (nSPS) is 18.0. The summed E-state index contributed by atoms with van der Waals surface area (Å²) in [6, 6.07) is 17.5. The minimum Gasteiger partial charge on any atom is -0.489 e. The lowest BCUT2D eigenvalue weighted by Crippen LogP contribution is -2.34. The molecular weight excluding hydrogens is 418 g/mol. The van der Waals surface area contributed by atoms with Crippen molar-refractivity contribution in [3.05, 3.63) is 88.3 Å². The molecule has 0 aromatic heterocycles. The van der Waals surface area contributed by atoms with Gasteiger partial charge >= 0.3 is 5.97 Å². The number of esters is 1. The number of rotatable bonds is 8. The SMILES string of the molecule is COCCOC(=O)C1=C(C)NC2=C(C(=O)CCC2)[C@H]1c1ccccc1OCc1ccccc1. The lowest BCUT2D eigenvalue weighted by molar-refractivity contribution is -0.140. The number of nitrogens with one attached hydrogen (secondary N) is 1. The summed E-state index contributed by atoms with van der Waals surface area (Å²) in [5.74, 6) is -0.296. The summed E-state index contributed by atoms with van der Waals surface area (Å²) in [5.41, 5.74) is 4.50. The van der Waals surface area contributed by atoms with Gasteiger partial charge in [0.2, 0.25) is 0 Å². The van der Waals surface area contributed by atoms with Crippen LogP contribution in [0.4, 0.5) is 0 Å². The third kappa shape index (κ3) is 5.01. The number of carbonyl (C=O) groups excluding carboxylic acids is 2. The highest BCUT2D eigenvalue weighted by Gasteiger charge is 2.40. The Morgan fingerprint density at radius 1 is 1.03 bits per heavy atom. The molecule has 0 radical (unpaired) electrons. The van der Waals surface area contributed by atoms with E-state index in [9.17, 15) is 9.59 Å². The zero-order chi connectivity index (χ0) is 23.2. The van der Waals surface area contributed by atoms with Crippen molar-refractivity contribution in [3.63, 3.8) is 0 Å². The number of methoxy groups -OCH3 is 1. The molecule has 0 unspecified atom stereocenters. The predicted octanol–water partition coefficient (Wildman–Crippen LogP) is 4.42. The summed E-state index contributed by atoms with van der Waals surface area (Å²) >= 11 is 0. The molecule has 0 saturated heterocycles. The van der Waals surface area contributed by atoms with E-state index in [1.807, 2.05) is 61.5 Å². The Morgan fingerprint density at radius 2 is 1.79 bits per heavy atom. The Morgan fingerprint density at radius 3 is 2.58 bits per heavy atom. The van der Waals surface area contributed by atoms with Crippen LogP contribution in [0.5, 0.6) is 5.75 Å². The quantitative estimate of drug-likeness (QED) is 0.477. The van der Waals surface area contributed by atoms with E-state index in [1.54, 1.807) is 7.11 Å². The fraction of sp³-hybridized carbons (Fsp3) is 0.333. The summed E-state index contributed by atoms with van der Waals surface area (Å²) in [6.07, 6.45) is 2.04. The maximum Gasteiger partial charge on any atom is 0.336 e. The molecule has 2 aromatic rings. The van der Waals surface area contributed by atoms with Crippen LogP contribution in [-0.2, 0) is 25.7 Å². The molecular formula is C27H29NO5. The number of benzene rings is 2. The Bertz CT molecular complexity index is 1090. The van der Waals surface area contributed by atoms with Gasteiger partial charge < -0.3 is 19.5 Å². The average Bonchev–Trinajstić information content (AvgIpc) is 2.83. The van der Waals surface area contributed by atoms with Crippen molar-refractivity contribution in [3.8, 4) is 5.75 Å². The Labute approximate surface area is 194 Å². The van der Waals surface area contributed by atoms with Crippen LogP contribution in [0, 0.1) is 0 Å². The maximum atomic E-state index is 13.2. The maximum absolute atomic E-state index is 13.2. The van der Waals surface area contributed by atoms with E-state index < -0.39 is 11.9 Å². The van der Waals surface area contributed by atoms with Gasteiger partial charge in [-0.3, -0.25) is 4.79 Å². The molecule has 2 aromatic carbocycles. The average molecular weight is 448 g/mol. The second-order valence-electron chi connectivity index (χ2n) is 8.21. The number of hydrogen-bond donors (Lipinski definition) is 1. The van der Waals surface area contributed by atoms with Crippen LogP contribution in [0.1, 0.15) is 43.2 Å². The van der Waals surface area contributed by atoms with E-state index in [1.165, 1.54) is 0 Å². The summed E-state index contributed by atoms with van der Waals surface area (Å²) in [4.78, 5) is 26.3. The predicted molar refractivity (Wildman–Crippen MR) is 125 cm³/mol. The fourth-order valence-corrected chi connectivity index (χ4v) is 4.45. The lowest BCUT2D eigenvalue weighted by atomic mass is 9.75. The first-order chi connectivity index (χ1) is 16.1. The summed E-state index contributed by atoms with van der Waals surface area (Å²) in [5, 5.41) is 3.31. The zero-order valence-electron chi connectivity index (χ0n) is 19.1. The Kier molecular flexibility index (Phi) is 7.25. The molecule has 1 N–H and O–H groups in total. The van der Waals surface area contributed by atoms with Crippen LogP contribution < -0.4 is 10.1 Å². The molecule has 0 saturated carbocycles. The van der Waals surface area contributed by atoms with Crippen molar-refractivity contribution in [1.29, 1.82) is 0 Å². The van der Waals surface area contributed by atoms with Crippen molar-refractivity contribution in [2.45, 2.75) is 38.7 Å². The molecule has 6 heteroatoms. The minimum atomic E-state index is -0.545. The lowest BCUT2D eigenvalue weighted by Gasteiger charge is -2.34. The summed E-state index contributed by atoms with van der Waals surface area (Å²) in [7, 11) is 1.56. The van der Waals surface area contributed by atoms with Gasteiger partial charge in [-0.05, 0) is 31.4 Å². The second kappa shape index (κ2) is 10.5. The van der Waals surface area contributed by atoms with Crippen LogP contribution in [0.2, 0.25) is 0 Å². The molecule has 1 aliphatic heterocycles. The molecule has 2 aliphatic rings. The third-order valence-corrected chi connectivity index (χ3v) is 5.98. The molecule has 33 heavy (non-hydrogen) atoms. The molecule has 0 bridgehead atoms. The van der Waals surface area contributed by atoms with E-state index in [4.69, 9.17) is 14.2 Å². The van der Waals surface area contributed by atoms with Crippen LogP contribution in [0.15, 0.2) is 77.1 Å². The van der Waals surface area contributed by atoms with E-state index in [2.05, 4.69) is 5.32 Å². The van der Waals surface area contributed by atoms with Gasteiger partial charge in [0.05, 0.1) is 18.1 Å². The summed E-state index contributed by atoms with van der Waals surface area (Å²) in [6.45, 7) is 2.69. The van der Waals surface area contributed by atoms with Crippen molar-refractivity contribution >= 4 is 11.8 Å². The van der Waals surface area contributed by atoms with Crippen molar-refractivity contribution in [1.82, 2.24) is 5.32 Å². The number of allylic oxidation sites excluding steroid dienone is 3. The fourth-order valence-electron chi connectivity index (χ4n) is 4.45. The molecule has 1 heterocycles. The molecule has 0 fully saturated rings. The van der Waals surface area contributed by atoms with Crippen LogP contribution in [0.25, 0.3) is 0 Å². The largest absolute Gasteiger partial charge is 0.489 e. The Hall–Kier alpha value is -3.38. The van der Waals surface area contributed by atoms with E-state index >= 15 is 0 Å². The second-order valence-corrected chi connectivity index (χ2v) is 8.21. The highest BCUT2D eigenvalue weighted by Crippen LogP contribution is 2.45. The number of para-hydroxylation sites is 1. The number of hydrogen-bond acceptors (Lipinski definition) is 6. The van der Waals surface area contributed by atoms with Crippen molar-refractivity contribution in [2.24, 2.45) is 0 Å². The zero-order valence-corrected chi connectivity index (χ0v) is 19.1. The third-order valence-electron chi connectivity index (χ3n) is 5.98. The number of carbonyl (C=O) groups is 2. The van der Waals surface area contributed by atoms with Crippen LogP contribution in [-0.4, -0.2) is 32.1 Å². The van der Waals surface area contributed by atoms with Gasteiger partial charge in [-0.2, -0.15) is 0 Å². The van der Waals surface area contributed by atoms with Crippen molar-refractivity contribution in [2.75, 3.05) is 20.3 Å². The highest BCUT2D eigenvalue weighted by molar-refractivity contribution is 6.04. The number of ether oxygens (including phenoxy) is 3. The number of dihydropyridines is 1. The number of ketones is 1. The van der Waals surface area contributed by atoms with Gasteiger partial charge in [0, 0.05) is 36.1 Å². The number of Topliss-reactive ketones (excluding diaryl/α,β-unsaturated/α-hetero) is 1. The Balaban J connectivity index is 1.74. The first kappa shape index (κ1) is 22.8. The molecule has 172 valence electrons. The van der Waals surface area contributed by atoms with Crippen LogP contribution >= 0.6 is 0 Å². The molecule has 0 amide bonds. The van der Waals surface area contributed by atoms with E-state index in [0.29, 0.717) is 42.2 Å². The van der Waals surface area contributed by atoms with E-state index in [0.717, 1.165) is 29.7 Å². The minimum absolute atomic E-state index is 0.0568. The van der Waals surface area contributed by atoms with Gasteiger partial charge in [-0.15, -0.1) is 0 Å². The molecule has 1 atom stereocenters. The molecule has 4 rings (SSSR count). The molecule has 1 aliphatic carbocycles. The monoisotopic (exact) mass is 447 g/mol. The van der Waals surface area contributed by atoms with Gasteiger partial charge in [0.25, 0.3) is 0 Å². The first-order valence-electron chi connectivity index (χ1n) is 11.3. The smallest absolute Gasteiger partial charge is 0.336 e. The first-order valence-corrected chi connectivity index (χ1v) is 11.3. The van der Waals surface area contributed by atoms with Gasteiger partial charge in [-0.1, -0.05) is 48.5 Å². The summed E-state index contributed by atoms with van der Waals surface area (Å²) < 4.78 is 16.7. The van der Waals surface area contributed by atoms with E-state index in [-0.39, 0.29) is 12.4 Å². The standard InChI is InChI=1S/C27H29NO5/c1-18-24(27(30)32-16-15-31-2)25(26-21(28-18)12-8-13-22(26)29)20-11-6-7-14-23(20)33-17-19-9-4-3-5-10-19/h3-7,9-11,14,25,28H,8,12-13,15-17H2,1-2H3/t25-/m0/s1. The van der Waals surface area contributed by atoms with Crippen LogP contribution in [0.3, 0.4) is 0 Å². The van der Waals surface area contributed by atoms with Gasteiger partial charge in [0.15, 0.2) is 5.78 Å². The van der Waals surface area contributed by atoms with Crippen molar-refractivity contribution < 1.29 is 23.8 Å². The van der Waals surface area contributed by atoms with Gasteiger partial charge in [0.1, 0.15) is 19.0 Å².